The van der Waals surface area contributed by atoms with Crippen molar-refractivity contribution in [2.45, 2.75) is 36.4 Å². The van der Waals surface area contributed by atoms with Gasteiger partial charge in [-0.2, -0.15) is 0 Å². The van der Waals surface area contributed by atoms with Crippen LogP contribution in [0.15, 0.2) is 83.5 Å². The molecule has 1 aliphatic heterocycles. The van der Waals surface area contributed by atoms with Crippen molar-refractivity contribution < 1.29 is 24.3 Å². The molecule has 1 aromatic heterocycles. The molecule has 0 spiro atoms. The number of aryl methyl sites for hydroxylation is 1. The predicted octanol–water partition coefficient (Wildman–Crippen LogP) is 3.97. The van der Waals surface area contributed by atoms with Gasteiger partial charge in [-0.25, -0.2) is 4.79 Å². The molecular weight excluding hydrogens is 460 g/mol. The van der Waals surface area contributed by atoms with Crippen molar-refractivity contribution in [1.82, 2.24) is 4.57 Å². The standard InChI is InChI=1S/C28H28N2O4S/c1-29-23-10-3-2-8-21(23)18-25(29)26(31)24-11-5-14-30(24)15-16-35-22-9-4-7-20(17-22)19-34-28(27(32)33)12-6-13-28/h2-5,7-11,14,17-18H,6,12-13,15-16,19H2,1H3,(H,32,33)/p+1. The molecule has 1 saturated carbocycles. The maximum atomic E-state index is 13.3. The van der Waals surface area contributed by atoms with Crippen molar-refractivity contribution in [3.05, 3.63) is 89.9 Å². The first-order valence-electron chi connectivity index (χ1n) is 11.9. The van der Waals surface area contributed by atoms with Crippen LogP contribution in [0.1, 0.15) is 35.3 Å². The molecule has 2 heterocycles. The second-order valence-electron chi connectivity index (χ2n) is 9.13. The number of carboxylic acid groups (broad SMARTS) is 1. The van der Waals surface area contributed by atoms with Gasteiger partial charge in [-0.05, 0) is 55.2 Å². The van der Waals surface area contributed by atoms with Gasteiger partial charge in [0.2, 0.25) is 0 Å². The van der Waals surface area contributed by atoms with Crippen molar-refractivity contribution in [3.8, 4) is 0 Å². The lowest BCUT2D eigenvalue weighted by Gasteiger charge is -2.37. The Bertz CT molecular complexity index is 1340. The fourth-order valence-electron chi connectivity index (χ4n) is 4.68. The van der Waals surface area contributed by atoms with Gasteiger partial charge in [-0.1, -0.05) is 30.3 Å². The Morgan fingerprint density at radius 1 is 1.14 bits per heavy atom. The lowest BCUT2D eigenvalue weighted by atomic mass is 9.80. The minimum absolute atomic E-state index is 0.0520. The van der Waals surface area contributed by atoms with E-state index in [2.05, 4.69) is 12.1 Å². The third kappa shape index (κ3) is 4.72. The summed E-state index contributed by atoms with van der Waals surface area (Å²) in [6.07, 6.45) is 7.95. The second kappa shape index (κ2) is 9.85. The van der Waals surface area contributed by atoms with Gasteiger partial charge in [0.25, 0.3) is 5.78 Å². The molecule has 2 aromatic carbocycles. The number of ether oxygens (including phenoxy) is 1. The van der Waals surface area contributed by atoms with E-state index in [1.807, 2.05) is 72.4 Å². The van der Waals surface area contributed by atoms with E-state index >= 15 is 0 Å². The van der Waals surface area contributed by atoms with E-state index in [1.165, 1.54) is 0 Å². The zero-order valence-corrected chi connectivity index (χ0v) is 20.5. The number of para-hydroxylation sites is 1. The Hall–Kier alpha value is -3.13. The number of aliphatic carboxylic acids is 1. The molecule has 1 aliphatic carbocycles. The van der Waals surface area contributed by atoms with E-state index in [9.17, 15) is 14.7 Å². The van der Waals surface area contributed by atoms with Crippen LogP contribution in [0.5, 0.6) is 0 Å². The smallest absolute Gasteiger partial charge is 0.335 e. The summed E-state index contributed by atoms with van der Waals surface area (Å²) in [6, 6.07) is 18.1. The van der Waals surface area contributed by atoms with Gasteiger partial charge in [0.05, 0.1) is 25.0 Å². The Kier molecular flexibility index (Phi) is 6.65. The normalized spacial score (nSPS) is 18.4. The Morgan fingerprint density at radius 3 is 2.71 bits per heavy atom. The molecule has 35 heavy (non-hydrogen) atoms. The Morgan fingerprint density at radius 2 is 1.97 bits per heavy atom. The highest BCUT2D eigenvalue weighted by Gasteiger charge is 2.45. The van der Waals surface area contributed by atoms with Gasteiger partial charge in [0.15, 0.2) is 11.3 Å². The number of hydrogen-bond donors (Lipinski definition) is 2. The van der Waals surface area contributed by atoms with Gasteiger partial charge in [-0.3, -0.25) is 9.69 Å². The van der Waals surface area contributed by atoms with Crippen LogP contribution in [0.25, 0.3) is 10.9 Å². The molecule has 0 amide bonds. The molecule has 2 N–H and O–H groups in total. The number of nitrogens with zero attached hydrogens (tertiary/aromatic N) is 1. The summed E-state index contributed by atoms with van der Waals surface area (Å²) in [5.41, 5.74) is 2.48. The van der Waals surface area contributed by atoms with Gasteiger partial charge in [0, 0.05) is 34.7 Å². The maximum absolute atomic E-state index is 13.3. The summed E-state index contributed by atoms with van der Waals surface area (Å²) in [7, 11) is 1.94. The van der Waals surface area contributed by atoms with Crippen LogP contribution < -0.4 is 4.90 Å². The third-order valence-electron chi connectivity index (χ3n) is 6.94. The number of fused-ring (bicyclic) bond motifs is 1. The first-order valence-corrected chi connectivity index (χ1v) is 12.9. The molecule has 180 valence electrons. The molecular formula is C28H29N2O4S+. The molecule has 3 aromatic rings. The van der Waals surface area contributed by atoms with Gasteiger partial charge in [0.1, 0.15) is 0 Å². The number of carbonyl (C=O) groups is 2. The predicted molar refractivity (Wildman–Crippen MR) is 136 cm³/mol. The summed E-state index contributed by atoms with van der Waals surface area (Å²) in [5.74, 6) is 0.0250. The average molecular weight is 490 g/mol. The van der Waals surface area contributed by atoms with Gasteiger partial charge >= 0.3 is 5.97 Å². The molecule has 7 heteroatoms. The highest BCUT2D eigenvalue weighted by Crippen LogP contribution is 2.36. The molecule has 0 bridgehead atoms. The Labute approximate surface area is 208 Å². The van der Waals surface area contributed by atoms with Crippen LogP contribution in [0, 0.1) is 0 Å². The molecule has 5 rings (SSSR count). The van der Waals surface area contributed by atoms with E-state index in [0.29, 0.717) is 25.1 Å². The van der Waals surface area contributed by atoms with E-state index in [1.54, 1.807) is 11.8 Å². The first kappa shape index (κ1) is 23.6. The highest BCUT2D eigenvalue weighted by atomic mass is 32.2. The van der Waals surface area contributed by atoms with Crippen LogP contribution in [0.3, 0.4) is 0 Å². The molecule has 0 radical (unpaired) electrons. The number of Topliss-reactive ketones (excluding diaryl/α,β-unsaturated/α-hetero) is 1. The van der Waals surface area contributed by atoms with Crippen LogP contribution in [-0.4, -0.2) is 39.3 Å². The number of carbonyl (C=O) groups excluding carboxylic acids is 1. The maximum Gasteiger partial charge on any atom is 0.335 e. The van der Waals surface area contributed by atoms with Crippen molar-refractivity contribution in [3.63, 3.8) is 0 Å². The number of carboxylic acids is 1. The summed E-state index contributed by atoms with van der Waals surface area (Å²) in [4.78, 5) is 27.0. The molecule has 1 fully saturated rings. The summed E-state index contributed by atoms with van der Waals surface area (Å²) in [6.45, 7) is 1.08. The number of thioether (sulfide) groups is 1. The lowest BCUT2D eigenvalue weighted by Crippen LogP contribution is -3.06. The number of hydrogen-bond acceptors (Lipinski definition) is 4. The summed E-state index contributed by atoms with van der Waals surface area (Å²) in [5, 5.41) is 10.5. The second-order valence-corrected chi connectivity index (χ2v) is 10.3. The zero-order chi connectivity index (χ0) is 24.4. The number of aromatic nitrogens is 1. The minimum atomic E-state index is -1.01. The van der Waals surface area contributed by atoms with Crippen LogP contribution in [-0.2, 0) is 23.2 Å². The lowest BCUT2D eigenvalue weighted by molar-refractivity contribution is -0.793. The van der Waals surface area contributed by atoms with Crippen LogP contribution in [0.4, 0.5) is 0 Å². The van der Waals surface area contributed by atoms with E-state index in [0.717, 1.165) is 50.7 Å². The number of quaternary nitrogens is 1. The van der Waals surface area contributed by atoms with Crippen molar-refractivity contribution in [2.24, 2.45) is 7.05 Å². The van der Waals surface area contributed by atoms with Crippen molar-refractivity contribution in [2.75, 3.05) is 12.3 Å². The van der Waals surface area contributed by atoms with E-state index in [-0.39, 0.29) is 5.78 Å². The molecule has 1 atom stereocenters. The fourth-order valence-corrected chi connectivity index (χ4v) is 5.65. The summed E-state index contributed by atoms with van der Waals surface area (Å²) >= 11 is 1.73. The SMILES string of the molecule is Cn1c(C(=O)C2=CC=C[NH+]2CCSc2cccc(COC3(C(=O)O)CCC3)c2)cc2ccccc21. The minimum Gasteiger partial charge on any atom is -0.479 e. The molecule has 2 aliphatic rings. The fraction of sp³-hybridized carbons (Fsp3) is 0.286. The van der Waals surface area contributed by atoms with E-state index < -0.39 is 11.6 Å². The van der Waals surface area contributed by atoms with Crippen LogP contribution in [0.2, 0.25) is 0 Å². The highest BCUT2D eigenvalue weighted by molar-refractivity contribution is 7.99. The topological polar surface area (TPSA) is 73.0 Å². The average Bonchev–Trinajstić information content (AvgIpc) is 3.43. The summed E-state index contributed by atoms with van der Waals surface area (Å²) < 4.78 is 7.77. The molecule has 6 nitrogen and oxygen atoms in total. The van der Waals surface area contributed by atoms with E-state index in [4.69, 9.17) is 4.74 Å². The zero-order valence-electron chi connectivity index (χ0n) is 19.7. The number of ketones is 1. The Balaban J connectivity index is 1.18. The van der Waals surface area contributed by atoms with Crippen molar-refractivity contribution >= 4 is 34.4 Å². The third-order valence-corrected chi connectivity index (χ3v) is 7.94. The number of allylic oxidation sites excluding steroid dienone is 3. The quantitative estimate of drug-likeness (QED) is 0.333. The molecule has 0 saturated heterocycles. The number of benzene rings is 2. The molecule has 1 unspecified atom stereocenters. The first-order chi connectivity index (χ1) is 17.0. The number of rotatable bonds is 10. The van der Waals surface area contributed by atoms with Gasteiger partial charge < -0.3 is 14.4 Å². The largest absolute Gasteiger partial charge is 0.479 e. The van der Waals surface area contributed by atoms with Crippen LogP contribution >= 0.6 is 11.8 Å². The van der Waals surface area contributed by atoms with Gasteiger partial charge in [-0.15, -0.1) is 11.8 Å². The number of nitrogens with one attached hydrogen (secondary N) is 1. The monoisotopic (exact) mass is 489 g/mol. The van der Waals surface area contributed by atoms with Crippen molar-refractivity contribution in [1.29, 1.82) is 0 Å².